The summed E-state index contributed by atoms with van der Waals surface area (Å²) < 4.78 is 26.9. The summed E-state index contributed by atoms with van der Waals surface area (Å²) in [6.07, 6.45) is 1.48. The van der Waals surface area contributed by atoms with Gasteiger partial charge in [-0.3, -0.25) is 9.52 Å². The second-order valence-corrected chi connectivity index (χ2v) is 8.79. The Kier molecular flexibility index (Phi) is 6.10. The molecule has 0 aliphatic rings. The van der Waals surface area contributed by atoms with E-state index in [-0.39, 0.29) is 5.91 Å². The highest BCUT2D eigenvalue weighted by Gasteiger charge is 2.21. The Morgan fingerprint density at radius 2 is 1.65 bits per heavy atom. The Bertz CT molecular complexity index is 915. The summed E-state index contributed by atoms with van der Waals surface area (Å²) >= 11 is 5.80. The van der Waals surface area contributed by atoms with Crippen molar-refractivity contribution in [2.24, 2.45) is 5.41 Å². The number of carbonyl (C=O) groups is 1. The van der Waals surface area contributed by atoms with Gasteiger partial charge in [-0.2, -0.15) is 0 Å². The van der Waals surface area contributed by atoms with Gasteiger partial charge in [0.1, 0.15) is 0 Å². The van der Waals surface area contributed by atoms with Gasteiger partial charge in [0.2, 0.25) is 5.91 Å². The summed E-state index contributed by atoms with van der Waals surface area (Å²) in [5.74, 6) is -0.153. The van der Waals surface area contributed by atoms with E-state index in [0.717, 1.165) is 5.41 Å². The molecule has 0 heterocycles. The van der Waals surface area contributed by atoms with Crippen LogP contribution >= 0.6 is 11.6 Å². The summed E-state index contributed by atoms with van der Waals surface area (Å²) in [5.41, 5.74) is 1.05. The molecule has 138 valence electrons. The van der Waals surface area contributed by atoms with Crippen LogP contribution in [0.1, 0.15) is 26.3 Å². The van der Waals surface area contributed by atoms with E-state index in [1.165, 1.54) is 6.08 Å². The number of hydrogen-bond acceptors (Lipinski definition) is 3. The molecule has 0 saturated heterocycles. The lowest BCUT2D eigenvalue weighted by Crippen LogP contribution is -2.27. The molecule has 0 radical (unpaired) electrons. The number of benzene rings is 2. The molecular formula is C19H21ClN2O3S. The molecule has 0 saturated carbocycles. The van der Waals surface area contributed by atoms with Gasteiger partial charge in [-0.05, 0) is 42.0 Å². The van der Waals surface area contributed by atoms with Gasteiger partial charge < -0.3 is 5.32 Å². The first kappa shape index (κ1) is 20.0. The van der Waals surface area contributed by atoms with Crippen molar-refractivity contribution in [3.63, 3.8) is 0 Å². The summed E-state index contributed by atoms with van der Waals surface area (Å²) in [5, 5.41) is 4.43. The zero-order valence-corrected chi connectivity index (χ0v) is 16.4. The first-order valence-electron chi connectivity index (χ1n) is 7.93. The highest BCUT2D eigenvalue weighted by Crippen LogP contribution is 2.21. The van der Waals surface area contributed by atoms with Gasteiger partial charge in [0.15, 0.2) is 0 Å². The molecular weight excluding hydrogens is 372 g/mol. The zero-order chi connectivity index (χ0) is 19.4. The van der Waals surface area contributed by atoms with Crippen molar-refractivity contribution in [1.82, 2.24) is 0 Å². The minimum Gasteiger partial charge on any atom is -0.326 e. The molecule has 0 spiro atoms. The number of rotatable bonds is 5. The van der Waals surface area contributed by atoms with E-state index in [9.17, 15) is 13.2 Å². The van der Waals surface area contributed by atoms with Crippen molar-refractivity contribution in [2.75, 3.05) is 10.0 Å². The molecule has 0 fully saturated rings. The van der Waals surface area contributed by atoms with Crippen LogP contribution in [0.2, 0.25) is 5.02 Å². The molecule has 2 aromatic rings. The van der Waals surface area contributed by atoms with E-state index in [0.29, 0.717) is 22.0 Å². The number of halogens is 1. The van der Waals surface area contributed by atoms with Crippen molar-refractivity contribution in [3.05, 3.63) is 64.5 Å². The Morgan fingerprint density at radius 1 is 1.04 bits per heavy atom. The van der Waals surface area contributed by atoms with Crippen LogP contribution in [0.25, 0.3) is 6.08 Å². The summed E-state index contributed by atoms with van der Waals surface area (Å²) in [7, 11) is -3.69. The van der Waals surface area contributed by atoms with Crippen molar-refractivity contribution < 1.29 is 13.2 Å². The van der Waals surface area contributed by atoms with Gasteiger partial charge >= 0.3 is 0 Å². The SMILES string of the molecule is CC(C)(C)C(=O)Nc1cccc(NS(=O)(=O)/C=C/c2ccc(Cl)cc2)c1. The van der Waals surface area contributed by atoms with E-state index < -0.39 is 15.4 Å². The predicted molar refractivity (Wildman–Crippen MR) is 108 cm³/mol. The molecule has 2 N–H and O–H groups in total. The highest BCUT2D eigenvalue weighted by atomic mass is 35.5. The number of sulfonamides is 1. The van der Waals surface area contributed by atoms with E-state index in [2.05, 4.69) is 10.0 Å². The number of hydrogen-bond donors (Lipinski definition) is 2. The molecule has 0 atom stereocenters. The van der Waals surface area contributed by atoms with Crippen LogP contribution in [-0.2, 0) is 14.8 Å². The Hall–Kier alpha value is -2.31. The number of anilines is 2. The van der Waals surface area contributed by atoms with Crippen LogP contribution in [0.4, 0.5) is 11.4 Å². The van der Waals surface area contributed by atoms with Crippen LogP contribution < -0.4 is 10.0 Å². The Morgan fingerprint density at radius 3 is 2.27 bits per heavy atom. The third-order valence-electron chi connectivity index (χ3n) is 3.37. The first-order chi connectivity index (χ1) is 12.0. The van der Waals surface area contributed by atoms with Crippen LogP contribution in [0.5, 0.6) is 0 Å². The predicted octanol–water partition coefficient (Wildman–Crippen LogP) is 4.74. The maximum atomic E-state index is 12.2. The van der Waals surface area contributed by atoms with Crippen molar-refractivity contribution in [2.45, 2.75) is 20.8 Å². The molecule has 2 rings (SSSR count). The quantitative estimate of drug-likeness (QED) is 0.771. The number of carbonyl (C=O) groups excluding carboxylic acids is 1. The molecule has 7 heteroatoms. The average molecular weight is 393 g/mol. The van der Waals surface area contributed by atoms with Gasteiger partial charge in [0.25, 0.3) is 10.0 Å². The maximum Gasteiger partial charge on any atom is 0.255 e. The van der Waals surface area contributed by atoms with Gasteiger partial charge in [-0.15, -0.1) is 0 Å². The van der Waals surface area contributed by atoms with E-state index in [1.54, 1.807) is 69.3 Å². The van der Waals surface area contributed by atoms with E-state index >= 15 is 0 Å². The fraction of sp³-hybridized carbons (Fsp3) is 0.211. The Labute approximate surface area is 159 Å². The van der Waals surface area contributed by atoms with Crippen LogP contribution in [0, 0.1) is 5.41 Å². The van der Waals surface area contributed by atoms with Gasteiger partial charge in [0, 0.05) is 16.1 Å². The highest BCUT2D eigenvalue weighted by molar-refractivity contribution is 7.95. The molecule has 0 unspecified atom stereocenters. The molecule has 2 aromatic carbocycles. The summed E-state index contributed by atoms with van der Waals surface area (Å²) in [6, 6.07) is 13.3. The van der Waals surface area contributed by atoms with Gasteiger partial charge in [-0.1, -0.05) is 50.6 Å². The van der Waals surface area contributed by atoms with Crippen LogP contribution in [0.3, 0.4) is 0 Å². The third kappa shape index (κ3) is 6.20. The normalized spacial score (nSPS) is 12.2. The minimum atomic E-state index is -3.69. The fourth-order valence-corrected chi connectivity index (χ4v) is 2.91. The van der Waals surface area contributed by atoms with Crippen molar-refractivity contribution in [1.29, 1.82) is 0 Å². The molecule has 1 amide bonds. The average Bonchev–Trinajstić information content (AvgIpc) is 2.53. The third-order valence-corrected chi connectivity index (χ3v) is 4.64. The van der Waals surface area contributed by atoms with Crippen molar-refractivity contribution in [3.8, 4) is 0 Å². The number of nitrogens with one attached hydrogen (secondary N) is 2. The molecule has 5 nitrogen and oxygen atoms in total. The van der Waals surface area contributed by atoms with Gasteiger partial charge in [-0.25, -0.2) is 8.42 Å². The lowest BCUT2D eigenvalue weighted by molar-refractivity contribution is -0.123. The number of amides is 1. The molecule has 0 aliphatic heterocycles. The molecule has 26 heavy (non-hydrogen) atoms. The monoisotopic (exact) mass is 392 g/mol. The fourth-order valence-electron chi connectivity index (χ4n) is 1.92. The topological polar surface area (TPSA) is 75.3 Å². The minimum absolute atomic E-state index is 0.153. The van der Waals surface area contributed by atoms with Crippen molar-refractivity contribution >= 4 is 45.0 Å². The summed E-state index contributed by atoms with van der Waals surface area (Å²) in [4.78, 5) is 12.0. The molecule has 0 aliphatic carbocycles. The second kappa shape index (κ2) is 7.93. The zero-order valence-electron chi connectivity index (χ0n) is 14.8. The van der Waals surface area contributed by atoms with E-state index in [1.807, 2.05) is 0 Å². The second-order valence-electron chi connectivity index (χ2n) is 6.79. The van der Waals surface area contributed by atoms with Crippen LogP contribution in [0.15, 0.2) is 53.9 Å². The van der Waals surface area contributed by atoms with Crippen LogP contribution in [-0.4, -0.2) is 14.3 Å². The molecule has 0 bridgehead atoms. The largest absolute Gasteiger partial charge is 0.326 e. The van der Waals surface area contributed by atoms with Gasteiger partial charge in [0.05, 0.1) is 11.1 Å². The maximum absolute atomic E-state index is 12.2. The van der Waals surface area contributed by atoms with E-state index in [4.69, 9.17) is 11.6 Å². The summed E-state index contributed by atoms with van der Waals surface area (Å²) in [6.45, 7) is 5.41. The molecule has 0 aromatic heterocycles. The smallest absolute Gasteiger partial charge is 0.255 e. The lowest BCUT2D eigenvalue weighted by Gasteiger charge is -2.18. The standard InChI is InChI=1S/C19H21ClN2O3S/c1-19(2,3)18(23)21-16-5-4-6-17(13-16)22-26(24,25)12-11-14-7-9-15(20)10-8-14/h4-13,22H,1-3H3,(H,21,23)/b12-11+. The Balaban J connectivity index is 2.10. The first-order valence-corrected chi connectivity index (χ1v) is 9.86. The lowest BCUT2D eigenvalue weighted by atomic mass is 9.95.